The van der Waals surface area contributed by atoms with Crippen LogP contribution in [0.15, 0.2) is 23.1 Å². The zero-order valence-electron chi connectivity index (χ0n) is 7.81. The summed E-state index contributed by atoms with van der Waals surface area (Å²) in [5, 5.41) is 9.19. The fourth-order valence-corrected chi connectivity index (χ4v) is 2.14. The molecule has 0 aliphatic rings. The summed E-state index contributed by atoms with van der Waals surface area (Å²) in [6, 6.07) is 4.56. The Hall–Kier alpha value is -0.880. The molecule has 4 nitrogen and oxygen atoms in total. The zero-order valence-corrected chi connectivity index (χ0v) is 9.45. The van der Waals surface area contributed by atoms with E-state index in [0.717, 1.165) is 11.2 Å². The van der Waals surface area contributed by atoms with E-state index in [1.807, 2.05) is 6.26 Å². The first-order valence-corrected chi connectivity index (χ1v) is 6.89. The lowest BCUT2D eigenvalue weighted by Crippen LogP contribution is -2.10. The van der Waals surface area contributed by atoms with Gasteiger partial charge in [0.05, 0.1) is 11.9 Å². The first kappa shape index (κ1) is 11.2. The molecule has 0 bridgehead atoms. The van der Waals surface area contributed by atoms with Gasteiger partial charge in [0.2, 0.25) is 10.0 Å². The van der Waals surface area contributed by atoms with Crippen molar-refractivity contribution in [3.8, 4) is 5.75 Å². The predicted molar refractivity (Wildman–Crippen MR) is 58.4 cm³/mol. The second-order valence-electron chi connectivity index (χ2n) is 2.76. The lowest BCUT2D eigenvalue weighted by atomic mass is 10.3. The molecule has 0 spiro atoms. The minimum atomic E-state index is -3.30. The quantitative estimate of drug-likeness (QED) is 0.776. The maximum atomic E-state index is 11.0. The van der Waals surface area contributed by atoms with E-state index in [2.05, 4.69) is 4.72 Å². The maximum Gasteiger partial charge on any atom is 0.229 e. The van der Waals surface area contributed by atoms with Gasteiger partial charge in [-0.15, -0.1) is 11.8 Å². The third kappa shape index (κ3) is 3.12. The summed E-state index contributed by atoms with van der Waals surface area (Å²) in [6.07, 6.45) is 2.90. The number of nitrogens with one attached hydrogen (secondary N) is 1. The molecular formula is C8H11NO3S2. The molecule has 0 saturated heterocycles. The molecule has 0 atom stereocenters. The number of rotatable bonds is 3. The lowest BCUT2D eigenvalue weighted by Gasteiger charge is -2.08. The second kappa shape index (κ2) is 4.10. The average Bonchev–Trinajstić information content (AvgIpc) is 2.01. The predicted octanol–water partition coefficient (Wildman–Crippen LogP) is 1.49. The van der Waals surface area contributed by atoms with Gasteiger partial charge < -0.3 is 5.11 Å². The lowest BCUT2D eigenvalue weighted by molar-refractivity contribution is 0.475. The molecule has 14 heavy (non-hydrogen) atoms. The summed E-state index contributed by atoms with van der Waals surface area (Å²) in [5.41, 5.74) is 0.403. The van der Waals surface area contributed by atoms with Gasteiger partial charge in [0.15, 0.2) is 0 Å². The van der Waals surface area contributed by atoms with Gasteiger partial charge in [-0.25, -0.2) is 8.42 Å². The first-order chi connectivity index (χ1) is 6.42. The number of hydrogen-bond acceptors (Lipinski definition) is 4. The minimum Gasteiger partial charge on any atom is -0.508 e. The van der Waals surface area contributed by atoms with Crippen molar-refractivity contribution >= 4 is 27.5 Å². The fourth-order valence-electron chi connectivity index (χ4n) is 0.975. The number of hydrogen-bond donors (Lipinski definition) is 2. The van der Waals surface area contributed by atoms with Gasteiger partial charge in [-0.3, -0.25) is 4.72 Å². The number of benzene rings is 1. The number of aromatic hydroxyl groups is 1. The van der Waals surface area contributed by atoms with Crippen LogP contribution in [0.1, 0.15) is 0 Å². The van der Waals surface area contributed by atoms with Crippen LogP contribution in [0.3, 0.4) is 0 Å². The summed E-state index contributed by atoms with van der Waals surface area (Å²) in [7, 11) is -3.30. The highest BCUT2D eigenvalue weighted by Gasteiger charge is 2.07. The molecule has 0 aliphatic heterocycles. The Kier molecular flexibility index (Phi) is 3.28. The zero-order chi connectivity index (χ0) is 10.8. The van der Waals surface area contributed by atoms with E-state index in [1.54, 1.807) is 6.07 Å². The number of sulfonamides is 1. The Morgan fingerprint density at radius 3 is 2.57 bits per heavy atom. The van der Waals surface area contributed by atoms with E-state index < -0.39 is 10.0 Å². The maximum absolute atomic E-state index is 11.0. The molecule has 0 unspecified atom stereocenters. The van der Waals surface area contributed by atoms with Crippen LogP contribution < -0.4 is 4.72 Å². The second-order valence-corrected chi connectivity index (χ2v) is 5.36. The molecule has 0 amide bonds. The Morgan fingerprint density at radius 2 is 2.07 bits per heavy atom. The summed E-state index contributed by atoms with van der Waals surface area (Å²) in [5.74, 6) is 0.0361. The number of phenols is 1. The third-order valence-electron chi connectivity index (χ3n) is 1.48. The van der Waals surface area contributed by atoms with Gasteiger partial charge in [0.1, 0.15) is 5.75 Å². The Bertz CT molecular complexity index is 428. The van der Waals surface area contributed by atoms with Crippen molar-refractivity contribution < 1.29 is 13.5 Å². The number of anilines is 1. The van der Waals surface area contributed by atoms with Gasteiger partial charge in [-0.1, -0.05) is 0 Å². The summed E-state index contributed by atoms with van der Waals surface area (Å²) < 4.78 is 24.3. The summed E-state index contributed by atoms with van der Waals surface area (Å²) >= 11 is 1.41. The molecule has 1 rings (SSSR count). The van der Waals surface area contributed by atoms with Gasteiger partial charge in [0, 0.05) is 11.0 Å². The van der Waals surface area contributed by atoms with Crippen LogP contribution in [0, 0.1) is 0 Å². The molecule has 2 N–H and O–H groups in total. The van der Waals surface area contributed by atoms with Crippen LogP contribution in [-0.4, -0.2) is 26.0 Å². The van der Waals surface area contributed by atoms with E-state index in [1.165, 1.54) is 23.9 Å². The van der Waals surface area contributed by atoms with Crippen LogP contribution in [0.5, 0.6) is 5.75 Å². The van der Waals surface area contributed by atoms with Crippen LogP contribution in [0.4, 0.5) is 5.69 Å². The molecule has 1 aromatic rings. The SMILES string of the molecule is CSc1ccc(O)cc1NS(C)(=O)=O. The van der Waals surface area contributed by atoms with Crippen LogP contribution >= 0.6 is 11.8 Å². The van der Waals surface area contributed by atoms with E-state index in [-0.39, 0.29) is 5.75 Å². The highest BCUT2D eigenvalue weighted by molar-refractivity contribution is 7.99. The van der Waals surface area contributed by atoms with Gasteiger partial charge in [-0.05, 0) is 18.4 Å². The monoisotopic (exact) mass is 233 g/mol. The Balaban J connectivity index is 3.11. The number of thioether (sulfide) groups is 1. The van der Waals surface area contributed by atoms with Crippen molar-refractivity contribution in [1.82, 2.24) is 0 Å². The van der Waals surface area contributed by atoms with Crippen LogP contribution in [0.25, 0.3) is 0 Å². The summed E-state index contributed by atoms with van der Waals surface area (Å²) in [6.45, 7) is 0. The molecule has 0 heterocycles. The van der Waals surface area contributed by atoms with E-state index in [4.69, 9.17) is 0 Å². The third-order valence-corrected chi connectivity index (χ3v) is 2.86. The van der Waals surface area contributed by atoms with Gasteiger partial charge in [0.25, 0.3) is 0 Å². The van der Waals surface area contributed by atoms with E-state index >= 15 is 0 Å². The van der Waals surface area contributed by atoms with Crippen molar-refractivity contribution in [1.29, 1.82) is 0 Å². The molecule has 1 aromatic carbocycles. The Morgan fingerprint density at radius 1 is 1.43 bits per heavy atom. The van der Waals surface area contributed by atoms with Gasteiger partial charge in [-0.2, -0.15) is 0 Å². The normalized spacial score (nSPS) is 11.3. The highest BCUT2D eigenvalue weighted by atomic mass is 32.2. The molecule has 0 radical (unpaired) electrons. The Labute approximate surface area is 87.4 Å². The van der Waals surface area contributed by atoms with Crippen molar-refractivity contribution in [3.05, 3.63) is 18.2 Å². The van der Waals surface area contributed by atoms with Crippen molar-refractivity contribution in [2.24, 2.45) is 0 Å². The van der Waals surface area contributed by atoms with Crippen LogP contribution in [-0.2, 0) is 10.0 Å². The largest absolute Gasteiger partial charge is 0.508 e. The average molecular weight is 233 g/mol. The van der Waals surface area contributed by atoms with Crippen LogP contribution in [0.2, 0.25) is 0 Å². The standard InChI is InChI=1S/C8H11NO3S2/c1-13-8-4-3-6(10)5-7(8)9-14(2,11)12/h3-5,9-10H,1-2H3. The first-order valence-electron chi connectivity index (χ1n) is 3.77. The topological polar surface area (TPSA) is 66.4 Å². The molecule has 0 aromatic heterocycles. The molecule has 0 aliphatic carbocycles. The molecule has 0 saturated carbocycles. The summed E-state index contributed by atoms with van der Waals surface area (Å²) in [4.78, 5) is 0.772. The highest BCUT2D eigenvalue weighted by Crippen LogP contribution is 2.29. The van der Waals surface area contributed by atoms with Gasteiger partial charge >= 0.3 is 0 Å². The molecule has 6 heteroatoms. The fraction of sp³-hybridized carbons (Fsp3) is 0.250. The minimum absolute atomic E-state index is 0.0361. The van der Waals surface area contributed by atoms with Crippen molar-refractivity contribution in [3.63, 3.8) is 0 Å². The van der Waals surface area contributed by atoms with E-state index in [0.29, 0.717) is 5.69 Å². The molecular weight excluding hydrogens is 222 g/mol. The van der Waals surface area contributed by atoms with Crippen molar-refractivity contribution in [2.45, 2.75) is 4.90 Å². The van der Waals surface area contributed by atoms with E-state index in [9.17, 15) is 13.5 Å². The number of phenolic OH excluding ortho intramolecular Hbond substituents is 1. The van der Waals surface area contributed by atoms with Crippen molar-refractivity contribution in [2.75, 3.05) is 17.2 Å². The molecule has 78 valence electrons. The smallest absolute Gasteiger partial charge is 0.229 e. The molecule has 0 fully saturated rings.